The van der Waals surface area contributed by atoms with Crippen molar-refractivity contribution in [3.8, 4) is 0 Å². The smallest absolute Gasteiger partial charge is 0.113 e. The van der Waals surface area contributed by atoms with Gasteiger partial charge in [0.2, 0.25) is 0 Å². The van der Waals surface area contributed by atoms with Crippen molar-refractivity contribution in [1.82, 2.24) is 5.32 Å². The zero-order chi connectivity index (χ0) is 9.80. The van der Waals surface area contributed by atoms with Crippen LogP contribution < -0.4 is 5.32 Å². The highest BCUT2D eigenvalue weighted by molar-refractivity contribution is 6.23. The number of hydrogen-bond acceptors (Lipinski definition) is 1. The second-order valence-corrected chi connectivity index (χ2v) is 4.41. The molecule has 1 fully saturated rings. The van der Waals surface area contributed by atoms with Gasteiger partial charge in [-0.25, -0.2) is 0 Å². The van der Waals surface area contributed by atoms with E-state index in [9.17, 15) is 0 Å². The Kier molecular flexibility index (Phi) is 3.47. The lowest BCUT2D eigenvalue weighted by Gasteiger charge is -2.16. The van der Waals surface area contributed by atoms with Gasteiger partial charge in [-0.1, -0.05) is 30.6 Å². The summed E-state index contributed by atoms with van der Waals surface area (Å²) in [4.78, 5) is 0. The van der Waals surface area contributed by atoms with Crippen LogP contribution in [0.25, 0.3) is 0 Å². The largest absolute Gasteiger partial charge is 0.310 e. The van der Waals surface area contributed by atoms with Crippen molar-refractivity contribution in [2.24, 2.45) is 0 Å². The first kappa shape index (κ1) is 10.0. The van der Waals surface area contributed by atoms with E-state index < -0.39 is 0 Å². The first-order valence-corrected chi connectivity index (χ1v) is 5.73. The summed E-state index contributed by atoms with van der Waals surface area (Å²) in [5.74, 6) is 0. The fraction of sp³-hybridized carbons (Fsp3) is 0.667. The Labute approximate surface area is 88.1 Å². The lowest BCUT2D eigenvalue weighted by molar-refractivity contribution is 0.544. The maximum Gasteiger partial charge on any atom is 0.113 e. The second-order valence-electron chi connectivity index (χ2n) is 4.41. The van der Waals surface area contributed by atoms with Gasteiger partial charge < -0.3 is 5.32 Å². The summed E-state index contributed by atoms with van der Waals surface area (Å²) >= 11 is 0. The Balaban J connectivity index is 1.77. The van der Waals surface area contributed by atoms with Crippen molar-refractivity contribution in [2.75, 3.05) is 6.54 Å². The lowest BCUT2D eigenvalue weighted by atomic mass is 9.87. The molecule has 1 saturated carbocycles. The molecule has 0 aliphatic heterocycles. The van der Waals surface area contributed by atoms with E-state index in [0.29, 0.717) is 0 Å². The molecular formula is C12H18BN. The monoisotopic (exact) mass is 187 g/mol. The molecule has 2 aliphatic rings. The van der Waals surface area contributed by atoms with Crippen LogP contribution in [0, 0.1) is 0 Å². The summed E-state index contributed by atoms with van der Waals surface area (Å²) in [6, 6.07) is 0.767. The molecule has 0 bridgehead atoms. The minimum atomic E-state index is 0.767. The summed E-state index contributed by atoms with van der Waals surface area (Å²) in [5, 5.41) is 3.62. The van der Waals surface area contributed by atoms with Crippen LogP contribution in [-0.2, 0) is 0 Å². The SMILES string of the molecule is [B]C1=CCCC(CNC2CCCC2)=C1. The van der Waals surface area contributed by atoms with E-state index in [4.69, 9.17) is 7.85 Å². The van der Waals surface area contributed by atoms with Gasteiger partial charge in [0, 0.05) is 12.6 Å². The van der Waals surface area contributed by atoms with Crippen molar-refractivity contribution in [1.29, 1.82) is 0 Å². The Morgan fingerprint density at radius 2 is 2.14 bits per heavy atom. The maximum atomic E-state index is 5.77. The highest BCUT2D eigenvalue weighted by atomic mass is 14.9. The second kappa shape index (κ2) is 4.83. The molecule has 1 nitrogen and oxygen atoms in total. The van der Waals surface area contributed by atoms with Gasteiger partial charge >= 0.3 is 0 Å². The van der Waals surface area contributed by atoms with Crippen LogP contribution >= 0.6 is 0 Å². The highest BCUT2D eigenvalue weighted by Crippen LogP contribution is 2.19. The molecule has 0 aromatic heterocycles. The number of hydrogen-bond donors (Lipinski definition) is 1. The fourth-order valence-corrected chi connectivity index (χ4v) is 2.34. The molecular weight excluding hydrogens is 169 g/mol. The molecule has 0 saturated heterocycles. The van der Waals surface area contributed by atoms with Crippen LogP contribution in [0.2, 0.25) is 0 Å². The average Bonchev–Trinajstić information content (AvgIpc) is 2.67. The Morgan fingerprint density at radius 1 is 1.36 bits per heavy atom. The van der Waals surface area contributed by atoms with Gasteiger partial charge in [-0.15, -0.1) is 5.47 Å². The van der Waals surface area contributed by atoms with Crippen molar-refractivity contribution in [3.63, 3.8) is 0 Å². The first-order chi connectivity index (χ1) is 6.84. The Morgan fingerprint density at radius 3 is 2.86 bits per heavy atom. The maximum absolute atomic E-state index is 5.77. The predicted molar refractivity (Wildman–Crippen MR) is 61.4 cm³/mol. The first-order valence-electron chi connectivity index (χ1n) is 5.73. The Hall–Kier alpha value is -0.495. The third kappa shape index (κ3) is 2.75. The third-order valence-electron chi connectivity index (χ3n) is 3.19. The fourth-order valence-electron chi connectivity index (χ4n) is 2.34. The molecule has 1 N–H and O–H groups in total. The molecule has 74 valence electrons. The molecule has 0 spiro atoms. The van der Waals surface area contributed by atoms with E-state index in [1.54, 1.807) is 0 Å². The molecule has 0 aromatic rings. The molecule has 0 heterocycles. The highest BCUT2D eigenvalue weighted by Gasteiger charge is 2.14. The van der Waals surface area contributed by atoms with Crippen LogP contribution in [-0.4, -0.2) is 20.4 Å². The van der Waals surface area contributed by atoms with E-state index in [0.717, 1.165) is 24.5 Å². The van der Waals surface area contributed by atoms with E-state index >= 15 is 0 Å². The Bertz CT molecular complexity index is 249. The van der Waals surface area contributed by atoms with E-state index in [2.05, 4.69) is 17.5 Å². The van der Waals surface area contributed by atoms with Crippen LogP contribution in [0.5, 0.6) is 0 Å². The van der Waals surface area contributed by atoms with Crippen molar-refractivity contribution in [3.05, 3.63) is 23.2 Å². The average molecular weight is 187 g/mol. The van der Waals surface area contributed by atoms with E-state index in [-0.39, 0.29) is 0 Å². The van der Waals surface area contributed by atoms with Gasteiger partial charge in [0.25, 0.3) is 0 Å². The number of rotatable bonds is 3. The zero-order valence-electron chi connectivity index (χ0n) is 8.76. The molecule has 0 amide bonds. The quantitative estimate of drug-likeness (QED) is 0.668. The van der Waals surface area contributed by atoms with Gasteiger partial charge in [-0.2, -0.15) is 0 Å². The van der Waals surface area contributed by atoms with Crippen molar-refractivity contribution >= 4 is 7.85 Å². The third-order valence-corrected chi connectivity index (χ3v) is 3.19. The molecule has 2 heteroatoms. The van der Waals surface area contributed by atoms with E-state index in [1.807, 2.05) is 0 Å². The standard InChI is InChI=1S/C12H18BN/c13-11-5-3-4-10(8-11)9-14-12-6-1-2-7-12/h5,8,12,14H,1-4,6-7,9H2. The molecule has 2 aliphatic carbocycles. The van der Waals surface area contributed by atoms with Crippen LogP contribution in [0.15, 0.2) is 23.2 Å². The van der Waals surface area contributed by atoms with Crippen LogP contribution in [0.3, 0.4) is 0 Å². The van der Waals surface area contributed by atoms with Gasteiger partial charge in [0.15, 0.2) is 0 Å². The number of nitrogens with one attached hydrogen (secondary N) is 1. The summed E-state index contributed by atoms with van der Waals surface area (Å²) in [6.45, 7) is 1.04. The van der Waals surface area contributed by atoms with Gasteiger partial charge in [0.1, 0.15) is 7.85 Å². The molecule has 0 aromatic carbocycles. The zero-order valence-corrected chi connectivity index (χ0v) is 8.76. The minimum Gasteiger partial charge on any atom is -0.310 e. The van der Waals surface area contributed by atoms with Gasteiger partial charge in [0.05, 0.1) is 0 Å². The van der Waals surface area contributed by atoms with Crippen molar-refractivity contribution < 1.29 is 0 Å². The number of allylic oxidation sites excluding steroid dienone is 3. The predicted octanol–water partition coefficient (Wildman–Crippen LogP) is 2.29. The normalized spacial score (nSPS) is 23.4. The van der Waals surface area contributed by atoms with Gasteiger partial charge in [-0.3, -0.25) is 0 Å². The lowest BCUT2D eigenvalue weighted by Crippen LogP contribution is -2.28. The van der Waals surface area contributed by atoms with Crippen LogP contribution in [0.1, 0.15) is 38.5 Å². The summed E-state index contributed by atoms with van der Waals surface area (Å²) in [6.07, 6.45) is 12.1. The topological polar surface area (TPSA) is 12.0 Å². The van der Waals surface area contributed by atoms with E-state index in [1.165, 1.54) is 37.7 Å². The summed E-state index contributed by atoms with van der Waals surface area (Å²) < 4.78 is 0. The van der Waals surface area contributed by atoms with Crippen LogP contribution in [0.4, 0.5) is 0 Å². The summed E-state index contributed by atoms with van der Waals surface area (Å²) in [5.41, 5.74) is 2.41. The summed E-state index contributed by atoms with van der Waals surface area (Å²) in [7, 11) is 5.77. The molecule has 2 radical (unpaired) electrons. The molecule has 14 heavy (non-hydrogen) atoms. The van der Waals surface area contributed by atoms with Crippen molar-refractivity contribution in [2.45, 2.75) is 44.6 Å². The van der Waals surface area contributed by atoms with Gasteiger partial charge in [-0.05, 0) is 25.7 Å². The molecule has 2 rings (SSSR count). The molecule has 0 unspecified atom stereocenters. The molecule has 0 atom stereocenters. The minimum absolute atomic E-state index is 0.767.